The van der Waals surface area contributed by atoms with Crippen LogP contribution in [0.15, 0.2) is 47.4 Å². The zero-order chi connectivity index (χ0) is 13.0. The van der Waals surface area contributed by atoms with Gasteiger partial charge in [-0.25, -0.2) is 4.98 Å². The van der Waals surface area contributed by atoms with Gasteiger partial charge >= 0.3 is 0 Å². The average molecular weight is 279 g/mol. The first-order valence-corrected chi connectivity index (χ1v) is 6.87. The minimum absolute atomic E-state index is 0.268. The highest BCUT2D eigenvalue weighted by Crippen LogP contribution is 2.19. The van der Waals surface area contributed by atoms with E-state index in [-0.39, 0.29) is 5.91 Å². The number of hydrogen-bond donors (Lipinski definition) is 1. The summed E-state index contributed by atoms with van der Waals surface area (Å²) in [4.78, 5) is 17.0. The third-order valence-corrected chi connectivity index (χ3v) is 3.21. The molecule has 0 aliphatic rings. The van der Waals surface area contributed by atoms with Crippen LogP contribution in [0.4, 0.5) is 5.69 Å². The predicted molar refractivity (Wildman–Crippen MR) is 75.4 cm³/mol. The molecule has 0 unspecified atom stereocenters. The van der Waals surface area contributed by atoms with E-state index in [1.807, 2.05) is 30.5 Å². The molecule has 0 radical (unpaired) electrons. The van der Waals surface area contributed by atoms with Gasteiger partial charge in [0, 0.05) is 10.6 Å². The van der Waals surface area contributed by atoms with Gasteiger partial charge < -0.3 is 5.32 Å². The summed E-state index contributed by atoms with van der Waals surface area (Å²) in [7, 11) is 0. The Bertz CT molecular complexity index is 574. The number of carbonyl (C=O) groups excluding carboxylic acids is 1. The fourth-order valence-electron chi connectivity index (χ4n) is 1.43. The molecular formula is C13H11ClN2OS. The van der Waals surface area contributed by atoms with Gasteiger partial charge in [0.1, 0.15) is 10.8 Å². The standard InChI is InChI=1S/C13H11ClN2OS/c1-18-10-5-2-4-9(8-10)15-13(17)11-6-3-7-12(14)16-11/h2-8H,1H3,(H,15,17). The summed E-state index contributed by atoms with van der Waals surface area (Å²) in [5.74, 6) is -0.268. The summed E-state index contributed by atoms with van der Waals surface area (Å²) < 4.78 is 0. The van der Waals surface area contributed by atoms with E-state index >= 15 is 0 Å². The van der Waals surface area contributed by atoms with Crippen LogP contribution in [0.1, 0.15) is 10.5 Å². The summed E-state index contributed by atoms with van der Waals surface area (Å²) in [6.07, 6.45) is 1.99. The predicted octanol–water partition coefficient (Wildman–Crippen LogP) is 3.71. The van der Waals surface area contributed by atoms with E-state index in [1.165, 1.54) is 0 Å². The first-order valence-electron chi connectivity index (χ1n) is 5.27. The van der Waals surface area contributed by atoms with Crippen LogP contribution < -0.4 is 5.32 Å². The molecule has 0 aliphatic heterocycles. The molecule has 1 aromatic heterocycles. The van der Waals surface area contributed by atoms with Crippen molar-refractivity contribution >= 4 is 35.0 Å². The number of nitrogens with zero attached hydrogens (tertiary/aromatic N) is 1. The van der Waals surface area contributed by atoms with Crippen LogP contribution in [-0.2, 0) is 0 Å². The highest BCUT2D eigenvalue weighted by Gasteiger charge is 2.08. The number of aromatic nitrogens is 1. The summed E-state index contributed by atoms with van der Waals surface area (Å²) in [5, 5.41) is 3.09. The van der Waals surface area contributed by atoms with E-state index in [0.717, 1.165) is 10.6 Å². The minimum atomic E-state index is -0.268. The molecule has 0 atom stereocenters. The Balaban J connectivity index is 2.16. The molecule has 1 aromatic carbocycles. The number of amides is 1. The second-order valence-electron chi connectivity index (χ2n) is 3.53. The SMILES string of the molecule is CSc1cccc(NC(=O)c2cccc(Cl)n2)c1. The molecule has 0 fully saturated rings. The number of anilines is 1. The van der Waals surface area contributed by atoms with Gasteiger partial charge in [0.05, 0.1) is 0 Å². The van der Waals surface area contributed by atoms with E-state index in [4.69, 9.17) is 11.6 Å². The molecule has 1 N–H and O–H groups in total. The van der Waals surface area contributed by atoms with Crippen LogP contribution in [0, 0.1) is 0 Å². The number of rotatable bonds is 3. The normalized spacial score (nSPS) is 10.1. The van der Waals surface area contributed by atoms with Crippen LogP contribution in [0.5, 0.6) is 0 Å². The molecular weight excluding hydrogens is 268 g/mol. The lowest BCUT2D eigenvalue weighted by Crippen LogP contribution is -2.13. The molecule has 1 amide bonds. The number of hydrogen-bond acceptors (Lipinski definition) is 3. The van der Waals surface area contributed by atoms with Crippen LogP contribution in [-0.4, -0.2) is 17.1 Å². The molecule has 5 heteroatoms. The summed E-state index contributed by atoms with van der Waals surface area (Å²) in [6.45, 7) is 0. The third-order valence-electron chi connectivity index (χ3n) is 2.28. The topological polar surface area (TPSA) is 42.0 Å². The second kappa shape index (κ2) is 5.89. The summed E-state index contributed by atoms with van der Waals surface area (Å²) in [6, 6.07) is 12.6. The molecule has 92 valence electrons. The molecule has 0 aliphatic carbocycles. The summed E-state index contributed by atoms with van der Waals surface area (Å²) >= 11 is 7.37. The second-order valence-corrected chi connectivity index (χ2v) is 4.80. The lowest BCUT2D eigenvalue weighted by molar-refractivity contribution is 0.102. The van der Waals surface area contributed by atoms with Gasteiger partial charge in [-0.15, -0.1) is 11.8 Å². The van der Waals surface area contributed by atoms with Crippen molar-refractivity contribution in [1.82, 2.24) is 4.98 Å². The lowest BCUT2D eigenvalue weighted by atomic mass is 10.3. The first-order chi connectivity index (χ1) is 8.69. The Labute approximate surface area is 115 Å². The average Bonchev–Trinajstić information content (AvgIpc) is 2.39. The van der Waals surface area contributed by atoms with Gasteiger partial charge in [-0.1, -0.05) is 23.7 Å². The fourth-order valence-corrected chi connectivity index (χ4v) is 2.05. The van der Waals surface area contributed by atoms with Gasteiger partial charge in [0.25, 0.3) is 5.91 Å². The number of thioether (sulfide) groups is 1. The van der Waals surface area contributed by atoms with Gasteiger partial charge in [0.15, 0.2) is 0 Å². The monoisotopic (exact) mass is 278 g/mol. The molecule has 0 saturated heterocycles. The maximum atomic E-state index is 11.9. The molecule has 2 aromatic rings. The van der Waals surface area contributed by atoms with Crippen molar-refractivity contribution in [3.8, 4) is 0 Å². The molecule has 0 spiro atoms. The first kappa shape index (κ1) is 12.9. The third kappa shape index (κ3) is 3.24. The highest BCUT2D eigenvalue weighted by molar-refractivity contribution is 7.98. The van der Waals surface area contributed by atoms with E-state index in [9.17, 15) is 4.79 Å². The van der Waals surface area contributed by atoms with Crippen LogP contribution in [0.3, 0.4) is 0 Å². The molecule has 3 nitrogen and oxygen atoms in total. The van der Waals surface area contributed by atoms with Gasteiger partial charge in [0.2, 0.25) is 0 Å². The zero-order valence-corrected chi connectivity index (χ0v) is 11.3. The lowest BCUT2D eigenvalue weighted by Gasteiger charge is -2.06. The van der Waals surface area contributed by atoms with Gasteiger partial charge in [-0.05, 0) is 36.6 Å². The molecule has 1 heterocycles. The molecule has 18 heavy (non-hydrogen) atoms. The largest absolute Gasteiger partial charge is 0.321 e. The van der Waals surface area contributed by atoms with E-state index in [0.29, 0.717) is 10.8 Å². The zero-order valence-electron chi connectivity index (χ0n) is 9.68. The number of pyridine rings is 1. The highest BCUT2D eigenvalue weighted by atomic mass is 35.5. The van der Waals surface area contributed by atoms with Crippen molar-refractivity contribution in [3.63, 3.8) is 0 Å². The smallest absolute Gasteiger partial charge is 0.274 e. The van der Waals surface area contributed by atoms with Gasteiger partial charge in [-0.3, -0.25) is 4.79 Å². The van der Waals surface area contributed by atoms with Crippen LogP contribution in [0.2, 0.25) is 5.15 Å². The molecule has 0 bridgehead atoms. The van der Waals surface area contributed by atoms with Gasteiger partial charge in [-0.2, -0.15) is 0 Å². The maximum absolute atomic E-state index is 11.9. The maximum Gasteiger partial charge on any atom is 0.274 e. The molecule has 2 rings (SSSR count). The Hall–Kier alpha value is -1.52. The van der Waals surface area contributed by atoms with Crippen molar-refractivity contribution in [2.75, 3.05) is 11.6 Å². The Morgan fingerprint density at radius 3 is 2.78 bits per heavy atom. The summed E-state index contributed by atoms with van der Waals surface area (Å²) in [5.41, 5.74) is 1.05. The quantitative estimate of drug-likeness (QED) is 0.687. The van der Waals surface area contributed by atoms with Crippen LogP contribution >= 0.6 is 23.4 Å². The van der Waals surface area contributed by atoms with Crippen molar-refractivity contribution < 1.29 is 4.79 Å². The number of benzene rings is 1. The van der Waals surface area contributed by atoms with Crippen LogP contribution in [0.25, 0.3) is 0 Å². The molecule has 0 saturated carbocycles. The number of halogens is 1. The fraction of sp³-hybridized carbons (Fsp3) is 0.0769. The van der Waals surface area contributed by atoms with E-state index in [2.05, 4.69) is 10.3 Å². The van der Waals surface area contributed by atoms with E-state index in [1.54, 1.807) is 30.0 Å². The minimum Gasteiger partial charge on any atom is -0.321 e. The Morgan fingerprint density at radius 2 is 2.06 bits per heavy atom. The van der Waals surface area contributed by atoms with E-state index < -0.39 is 0 Å². The van der Waals surface area contributed by atoms with Crippen molar-refractivity contribution in [2.24, 2.45) is 0 Å². The van der Waals surface area contributed by atoms with Crippen molar-refractivity contribution in [2.45, 2.75) is 4.90 Å². The Morgan fingerprint density at radius 1 is 1.28 bits per heavy atom. The number of nitrogens with one attached hydrogen (secondary N) is 1. The van der Waals surface area contributed by atoms with Crippen molar-refractivity contribution in [1.29, 1.82) is 0 Å². The number of carbonyl (C=O) groups is 1. The Kier molecular flexibility index (Phi) is 4.23. The van der Waals surface area contributed by atoms with Crippen molar-refractivity contribution in [3.05, 3.63) is 53.3 Å².